The van der Waals surface area contributed by atoms with Crippen molar-refractivity contribution in [2.75, 3.05) is 20.3 Å². The van der Waals surface area contributed by atoms with E-state index in [9.17, 15) is 4.79 Å². The number of nitrogens with two attached hydrogens (primary N) is 1. The number of rotatable bonds is 5. The molecule has 0 aromatic carbocycles. The Bertz CT molecular complexity index is 169. The van der Waals surface area contributed by atoms with Crippen molar-refractivity contribution in [1.29, 1.82) is 0 Å². The molecule has 0 aliphatic heterocycles. The first-order valence-electron chi connectivity index (χ1n) is 4.44. The fraction of sp³-hybridized carbons (Fsp3) is 0.889. The Morgan fingerprint density at radius 1 is 1.62 bits per heavy atom. The minimum atomic E-state index is -0.498. The van der Waals surface area contributed by atoms with Crippen LogP contribution < -0.4 is 11.1 Å². The van der Waals surface area contributed by atoms with Crippen LogP contribution in [0.2, 0.25) is 0 Å². The Labute approximate surface area is 79.8 Å². The minimum Gasteiger partial charge on any atom is -0.383 e. The summed E-state index contributed by atoms with van der Waals surface area (Å²) in [7, 11) is 1.61. The van der Waals surface area contributed by atoms with Gasteiger partial charge in [0, 0.05) is 19.7 Å². The second kappa shape index (κ2) is 5.19. The van der Waals surface area contributed by atoms with Crippen LogP contribution in [0.25, 0.3) is 0 Å². The lowest BCUT2D eigenvalue weighted by Crippen LogP contribution is -2.46. The zero-order valence-corrected chi connectivity index (χ0v) is 8.89. The van der Waals surface area contributed by atoms with E-state index in [2.05, 4.69) is 5.32 Å². The Morgan fingerprint density at radius 2 is 2.15 bits per heavy atom. The molecular formula is C9H20N2O2. The molecule has 0 radical (unpaired) electrons. The fourth-order valence-electron chi connectivity index (χ4n) is 0.804. The van der Waals surface area contributed by atoms with Crippen LogP contribution in [0, 0.1) is 5.41 Å². The average molecular weight is 188 g/mol. The molecule has 0 aliphatic carbocycles. The van der Waals surface area contributed by atoms with E-state index in [1.807, 2.05) is 20.8 Å². The maximum absolute atomic E-state index is 11.5. The van der Waals surface area contributed by atoms with Gasteiger partial charge in [-0.3, -0.25) is 4.79 Å². The number of nitrogens with one attached hydrogen (secondary N) is 1. The molecule has 3 N–H and O–H groups in total. The first-order valence-corrected chi connectivity index (χ1v) is 4.44. The fourth-order valence-corrected chi connectivity index (χ4v) is 0.804. The van der Waals surface area contributed by atoms with Crippen molar-refractivity contribution in [3.05, 3.63) is 0 Å². The van der Waals surface area contributed by atoms with E-state index in [-0.39, 0.29) is 11.9 Å². The zero-order chi connectivity index (χ0) is 10.5. The van der Waals surface area contributed by atoms with Gasteiger partial charge in [0.1, 0.15) is 0 Å². The van der Waals surface area contributed by atoms with Crippen molar-refractivity contribution in [3.8, 4) is 0 Å². The molecule has 4 nitrogen and oxygen atoms in total. The van der Waals surface area contributed by atoms with Gasteiger partial charge in [0.2, 0.25) is 5.91 Å². The number of carbonyl (C=O) groups excluding carboxylic acids is 1. The first-order chi connectivity index (χ1) is 5.94. The summed E-state index contributed by atoms with van der Waals surface area (Å²) >= 11 is 0. The summed E-state index contributed by atoms with van der Waals surface area (Å²) < 4.78 is 4.90. The molecule has 0 fully saturated rings. The van der Waals surface area contributed by atoms with Crippen LogP contribution in [-0.2, 0) is 9.53 Å². The monoisotopic (exact) mass is 188 g/mol. The molecule has 1 atom stereocenters. The molecule has 0 rings (SSSR count). The van der Waals surface area contributed by atoms with Crippen molar-refractivity contribution >= 4 is 5.91 Å². The predicted molar refractivity (Wildman–Crippen MR) is 52.3 cm³/mol. The van der Waals surface area contributed by atoms with Crippen LogP contribution in [0.3, 0.4) is 0 Å². The van der Waals surface area contributed by atoms with E-state index in [1.165, 1.54) is 0 Å². The molecule has 1 amide bonds. The maximum atomic E-state index is 11.5. The van der Waals surface area contributed by atoms with Gasteiger partial charge in [-0.05, 0) is 20.8 Å². The van der Waals surface area contributed by atoms with Crippen LogP contribution in [0.5, 0.6) is 0 Å². The molecule has 0 spiro atoms. The number of ether oxygens (including phenoxy) is 1. The Morgan fingerprint density at radius 3 is 2.54 bits per heavy atom. The van der Waals surface area contributed by atoms with Crippen molar-refractivity contribution in [3.63, 3.8) is 0 Å². The minimum absolute atomic E-state index is 0.0282. The SMILES string of the molecule is COCC(C)NC(=O)C(C)(C)CN. The van der Waals surface area contributed by atoms with Crippen LogP contribution >= 0.6 is 0 Å². The van der Waals surface area contributed by atoms with Gasteiger partial charge >= 0.3 is 0 Å². The van der Waals surface area contributed by atoms with Gasteiger partial charge in [0.05, 0.1) is 12.0 Å². The third-order valence-electron chi connectivity index (χ3n) is 1.92. The summed E-state index contributed by atoms with van der Waals surface area (Å²) in [6.07, 6.45) is 0. The topological polar surface area (TPSA) is 64.3 Å². The number of methoxy groups -OCH3 is 1. The van der Waals surface area contributed by atoms with E-state index in [4.69, 9.17) is 10.5 Å². The van der Waals surface area contributed by atoms with Gasteiger partial charge in [-0.2, -0.15) is 0 Å². The highest BCUT2D eigenvalue weighted by Crippen LogP contribution is 2.12. The lowest BCUT2D eigenvalue weighted by molar-refractivity contribution is -0.129. The number of hydrogen-bond donors (Lipinski definition) is 2. The molecule has 0 aliphatic rings. The van der Waals surface area contributed by atoms with Crippen LogP contribution in [0.4, 0.5) is 0 Å². The Hall–Kier alpha value is -0.610. The van der Waals surface area contributed by atoms with Crippen molar-refractivity contribution in [2.24, 2.45) is 11.1 Å². The molecular weight excluding hydrogens is 168 g/mol. The van der Waals surface area contributed by atoms with E-state index < -0.39 is 5.41 Å². The van der Waals surface area contributed by atoms with Crippen molar-refractivity contribution in [2.45, 2.75) is 26.8 Å². The standard InChI is InChI=1S/C9H20N2O2/c1-7(5-13-4)11-8(12)9(2,3)6-10/h7H,5-6,10H2,1-4H3,(H,11,12). The number of hydrogen-bond acceptors (Lipinski definition) is 3. The summed E-state index contributed by atoms with van der Waals surface area (Å²) in [4.78, 5) is 11.5. The largest absolute Gasteiger partial charge is 0.383 e. The maximum Gasteiger partial charge on any atom is 0.227 e. The third kappa shape index (κ3) is 4.24. The van der Waals surface area contributed by atoms with E-state index in [0.717, 1.165) is 0 Å². The number of amides is 1. The smallest absolute Gasteiger partial charge is 0.227 e. The molecule has 0 aromatic rings. The molecule has 4 heteroatoms. The summed E-state index contributed by atoms with van der Waals surface area (Å²) in [5.74, 6) is -0.0282. The van der Waals surface area contributed by atoms with Crippen LogP contribution in [-0.4, -0.2) is 32.2 Å². The zero-order valence-electron chi connectivity index (χ0n) is 8.89. The highest BCUT2D eigenvalue weighted by atomic mass is 16.5. The molecule has 78 valence electrons. The Balaban J connectivity index is 3.99. The van der Waals surface area contributed by atoms with Crippen LogP contribution in [0.1, 0.15) is 20.8 Å². The second-order valence-electron chi connectivity index (χ2n) is 3.92. The van der Waals surface area contributed by atoms with Gasteiger partial charge in [-0.1, -0.05) is 0 Å². The summed E-state index contributed by atoms with van der Waals surface area (Å²) in [5, 5.41) is 2.83. The summed E-state index contributed by atoms with van der Waals surface area (Å²) in [6.45, 7) is 6.41. The first kappa shape index (κ1) is 12.4. The molecule has 0 saturated carbocycles. The third-order valence-corrected chi connectivity index (χ3v) is 1.92. The highest BCUT2D eigenvalue weighted by molar-refractivity contribution is 5.82. The second-order valence-corrected chi connectivity index (χ2v) is 3.92. The lowest BCUT2D eigenvalue weighted by atomic mass is 9.92. The highest BCUT2D eigenvalue weighted by Gasteiger charge is 2.26. The normalized spacial score (nSPS) is 13.9. The van der Waals surface area contributed by atoms with E-state index in [1.54, 1.807) is 7.11 Å². The van der Waals surface area contributed by atoms with Crippen molar-refractivity contribution < 1.29 is 9.53 Å². The van der Waals surface area contributed by atoms with E-state index >= 15 is 0 Å². The lowest BCUT2D eigenvalue weighted by Gasteiger charge is -2.23. The molecule has 0 saturated heterocycles. The Kier molecular flexibility index (Phi) is 4.95. The van der Waals surface area contributed by atoms with Gasteiger partial charge in [0.15, 0.2) is 0 Å². The molecule has 0 heterocycles. The number of carbonyl (C=O) groups is 1. The molecule has 13 heavy (non-hydrogen) atoms. The predicted octanol–water partition coefficient (Wildman–Crippen LogP) is 0.122. The average Bonchev–Trinajstić information content (AvgIpc) is 2.04. The molecule has 0 aromatic heterocycles. The summed E-state index contributed by atoms with van der Waals surface area (Å²) in [5.41, 5.74) is 4.97. The molecule has 0 bridgehead atoms. The van der Waals surface area contributed by atoms with Gasteiger partial charge in [-0.15, -0.1) is 0 Å². The van der Waals surface area contributed by atoms with Crippen molar-refractivity contribution in [1.82, 2.24) is 5.32 Å². The van der Waals surface area contributed by atoms with Crippen LogP contribution in [0.15, 0.2) is 0 Å². The van der Waals surface area contributed by atoms with Gasteiger partial charge in [-0.25, -0.2) is 0 Å². The molecule has 1 unspecified atom stereocenters. The van der Waals surface area contributed by atoms with Gasteiger partial charge in [0.25, 0.3) is 0 Å². The quantitative estimate of drug-likeness (QED) is 0.644. The summed E-state index contributed by atoms with van der Waals surface area (Å²) in [6, 6.07) is 0.0309. The van der Waals surface area contributed by atoms with E-state index in [0.29, 0.717) is 13.2 Å². The van der Waals surface area contributed by atoms with Gasteiger partial charge < -0.3 is 15.8 Å².